The van der Waals surface area contributed by atoms with Gasteiger partial charge in [0.15, 0.2) is 0 Å². The van der Waals surface area contributed by atoms with E-state index in [1.807, 2.05) is 11.8 Å². The van der Waals surface area contributed by atoms with E-state index in [0.29, 0.717) is 18.2 Å². The van der Waals surface area contributed by atoms with Gasteiger partial charge >= 0.3 is 0 Å². The normalized spacial score (nSPS) is 41.4. The molecule has 94 valence electrons. The fourth-order valence-electron chi connectivity index (χ4n) is 2.84. The van der Waals surface area contributed by atoms with Gasteiger partial charge in [0.1, 0.15) is 0 Å². The molecule has 4 unspecified atom stereocenters. The summed E-state index contributed by atoms with van der Waals surface area (Å²) in [5.41, 5.74) is 0. The summed E-state index contributed by atoms with van der Waals surface area (Å²) in [7, 11) is 0. The Kier molecular flexibility index (Phi) is 4.53. The maximum absolute atomic E-state index is 5.77. The average Bonchev–Trinajstić information content (AvgIpc) is 2.76. The third-order valence-corrected chi connectivity index (χ3v) is 4.92. The summed E-state index contributed by atoms with van der Waals surface area (Å²) in [6.07, 6.45) is 3.82. The van der Waals surface area contributed by atoms with E-state index in [1.54, 1.807) is 0 Å². The van der Waals surface area contributed by atoms with Gasteiger partial charge in [-0.2, -0.15) is 11.8 Å². The van der Waals surface area contributed by atoms with Gasteiger partial charge in [-0.3, -0.25) is 4.90 Å². The molecule has 0 aromatic rings. The van der Waals surface area contributed by atoms with Crippen molar-refractivity contribution in [2.75, 3.05) is 32.5 Å². The summed E-state index contributed by atoms with van der Waals surface area (Å²) in [6, 6.07) is 1.32. The van der Waals surface area contributed by atoms with Gasteiger partial charge < -0.3 is 10.1 Å². The quantitative estimate of drug-likeness (QED) is 0.806. The minimum Gasteiger partial charge on any atom is -0.376 e. The van der Waals surface area contributed by atoms with E-state index >= 15 is 0 Å². The van der Waals surface area contributed by atoms with Crippen LogP contribution in [0.3, 0.4) is 0 Å². The Morgan fingerprint density at radius 1 is 1.44 bits per heavy atom. The number of nitrogens with zero attached hydrogens (tertiary/aromatic N) is 1. The Bertz CT molecular complexity index is 227. The van der Waals surface area contributed by atoms with Gasteiger partial charge in [-0.15, -0.1) is 0 Å². The zero-order chi connectivity index (χ0) is 11.5. The van der Waals surface area contributed by atoms with Crippen molar-refractivity contribution < 1.29 is 4.74 Å². The second kappa shape index (κ2) is 5.71. The minimum absolute atomic E-state index is 0.394. The SMILES string of the molecule is CCC1COC(C)CN1C1CNCC1SC. The molecule has 1 N–H and O–H groups in total. The molecule has 0 radical (unpaired) electrons. The summed E-state index contributed by atoms with van der Waals surface area (Å²) in [5, 5.41) is 4.28. The zero-order valence-corrected chi connectivity index (χ0v) is 11.4. The van der Waals surface area contributed by atoms with E-state index in [1.165, 1.54) is 6.42 Å². The molecule has 0 aromatic heterocycles. The highest BCUT2D eigenvalue weighted by Crippen LogP contribution is 2.25. The number of hydrogen-bond donors (Lipinski definition) is 1. The Labute approximate surface area is 103 Å². The summed E-state index contributed by atoms with van der Waals surface area (Å²) in [5.74, 6) is 0. The van der Waals surface area contributed by atoms with E-state index in [2.05, 4.69) is 30.3 Å². The molecule has 0 amide bonds. The smallest absolute Gasteiger partial charge is 0.0674 e. The van der Waals surface area contributed by atoms with Gasteiger partial charge in [0, 0.05) is 37.0 Å². The topological polar surface area (TPSA) is 24.5 Å². The molecule has 0 spiro atoms. The van der Waals surface area contributed by atoms with Gasteiger partial charge in [-0.25, -0.2) is 0 Å². The molecular formula is C12H24N2OS. The van der Waals surface area contributed by atoms with E-state index in [9.17, 15) is 0 Å². The maximum atomic E-state index is 5.77. The van der Waals surface area contributed by atoms with Crippen LogP contribution in [-0.2, 0) is 4.74 Å². The molecule has 2 saturated heterocycles. The zero-order valence-electron chi connectivity index (χ0n) is 10.6. The highest BCUT2D eigenvalue weighted by atomic mass is 32.2. The Hall–Kier alpha value is 0.230. The van der Waals surface area contributed by atoms with Crippen LogP contribution in [0.25, 0.3) is 0 Å². The summed E-state index contributed by atoms with van der Waals surface area (Å²) < 4.78 is 5.77. The average molecular weight is 244 g/mol. The van der Waals surface area contributed by atoms with Gasteiger partial charge in [0.25, 0.3) is 0 Å². The van der Waals surface area contributed by atoms with Crippen LogP contribution in [0.4, 0.5) is 0 Å². The predicted octanol–water partition coefficient (Wildman–Crippen LogP) is 1.19. The fourth-order valence-corrected chi connectivity index (χ4v) is 3.69. The highest BCUT2D eigenvalue weighted by Gasteiger charge is 2.37. The predicted molar refractivity (Wildman–Crippen MR) is 70.2 cm³/mol. The molecule has 2 fully saturated rings. The molecule has 0 saturated carbocycles. The number of morpholine rings is 1. The first kappa shape index (κ1) is 12.7. The van der Waals surface area contributed by atoms with Crippen molar-refractivity contribution in [3.63, 3.8) is 0 Å². The van der Waals surface area contributed by atoms with Crippen LogP contribution in [0.5, 0.6) is 0 Å². The van der Waals surface area contributed by atoms with Gasteiger partial charge in [-0.1, -0.05) is 6.92 Å². The maximum Gasteiger partial charge on any atom is 0.0674 e. The van der Waals surface area contributed by atoms with Gasteiger partial charge in [0.2, 0.25) is 0 Å². The first-order valence-electron chi connectivity index (χ1n) is 6.37. The van der Waals surface area contributed by atoms with Crippen LogP contribution in [0.2, 0.25) is 0 Å². The number of thioether (sulfide) groups is 1. The summed E-state index contributed by atoms with van der Waals surface area (Å²) in [4.78, 5) is 2.69. The molecule has 2 aliphatic rings. The molecule has 2 rings (SSSR count). The molecule has 3 nitrogen and oxygen atoms in total. The van der Waals surface area contributed by atoms with Crippen LogP contribution in [0.15, 0.2) is 0 Å². The van der Waals surface area contributed by atoms with Crippen molar-refractivity contribution >= 4 is 11.8 Å². The lowest BCUT2D eigenvalue weighted by atomic mass is 10.1. The van der Waals surface area contributed by atoms with Crippen LogP contribution in [0.1, 0.15) is 20.3 Å². The summed E-state index contributed by atoms with van der Waals surface area (Å²) in [6.45, 7) is 8.78. The second-order valence-electron chi connectivity index (χ2n) is 4.90. The third-order valence-electron chi connectivity index (χ3n) is 3.84. The first-order chi connectivity index (χ1) is 7.76. The lowest BCUT2D eigenvalue weighted by Gasteiger charge is -2.43. The largest absolute Gasteiger partial charge is 0.376 e. The number of nitrogens with one attached hydrogen (secondary N) is 1. The standard InChI is InChI=1S/C12H24N2OS/c1-4-10-8-15-9(2)7-14(10)11-5-13-6-12(11)16-3/h9-13H,4-8H2,1-3H3. The monoisotopic (exact) mass is 244 g/mol. The summed E-state index contributed by atoms with van der Waals surface area (Å²) >= 11 is 2.00. The lowest BCUT2D eigenvalue weighted by molar-refractivity contribution is -0.0688. The van der Waals surface area contributed by atoms with Crippen molar-refractivity contribution in [3.8, 4) is 0 Å². The molecular weight excluding hydrogens is 220 g/mol. The Morgan fingerprint density at radius 2 is 2.25 bits per heavy atom. The van der Waals surface area contributed by atoms with Crippen molar-refractivity contribution in [2.45, 2.75) is 43.7 Å². The second-order valence-corrected chi connectivity index (χ2v) is 5.98. The highest BCUT2D eigenvalue weighted by molar-refractivity contribution is 7.99. The van der Waals surface area contributed by atoms with Crippen molar-refractivity contribution in [1.82, 2.24) is 10.2 Å². The van der Waals surface area contributed by atoms with E-state index in [-0.39, 0.29) is 0 Å². The molecule has 4 heteroatoms. The molecule has 0 bridgehead atoms. The number of hydrogen-bond acceptors (Lipinski definition) is 4. The molecule has 4 atom stereocenters. The Morgan fingerprint density at radius 3 is 2.94 bits per heavy atom. The van der Waals surface area contributed by atoms with Crippen LogP contribution in [-0.4, -0.2) is 60.8 Å². The van der Waals surface area contributed by atoms with Crippen molar-refractivity contribution in [1.29, 1.82) is 0 Å². The number of rotatable bonds is 3. The molecule has 0 aliphatic carbocycles. The molecule has 0 aromatic carbocycles. The Balaban J connectivity index is 2.03. The van der Waals surface area contributed by atoms with Gasteiger partial charge in [0.05, 0.1) is 12.7 Å². The lowest BCUT2D eigenvalue weighted by Crippen LogP contribution is -2.56. The first-order valence-corrected chi connectivity index (χ1v) is 7.65. The van der Waals surface area contributed by atoms with Crippen LogP contribution < -0.4 is 5.32 Å². The van der Waals surface area contributed by atoms with Crippen molar-refractivity contribution in [2.24, 2.45) is 0 Å². The van der Waals surface area contributed by atoms with Crippen LogP contribution in [0, 0.1) is 0 Å². The van der Waals surface area contributed by atoms with Gasteiger partial charge in [-0.05, 0) is 19.6 Å². The number of ether oxygens (including phenoxy) is 1. The molecule has 2 heterocycles. The van der Waals surface area contributed by atoms with E-state index < -0.39 is 0 Å². The van der Waals surface area contributed by atoms with Crippen molar-refractivity contribution in [3.05, 3.63) is 0 Å². The molecule has 16 heavy (non-hydrogen) atoms. The molecule has 2 aliphatic heterocycles. The van der Waals surface area contributed by atoms with E-state index in [0.717, 1.165) is 31.5 Å². The fraction of sp³-hybridized carbons (Fsp3) is 1.00. The van der Waals surface area contributed by atoms with E-state index in [4.69, 9.17) is 4.74 Å². The third kappa shape index (κ3) is 2.55. The minimum atomic E-state index is 0.394. The van der Waals surface area contributed by atoms with Crippen LogP contribution >= 0.6 is 11.8 Å².